The molecule has 0 radical (unpaired) electrons. The Morgan fingerprint density at radius 3 is 2.70 bits per heavy atom. The van der Waals surface area contributed by atoms with Gasteiger partial charge < -0.3 is 15.4 Å². The predicted molar refractivity (Wildman–Crippen MR) is 133 cm³/mol. The summed E-state index contributed by atoms with van der Waals surface area (Å²) in [4.78, 5) is 18.3. The van der Waals surface area contributed by atoms with Crippen LogP contribution in [0.4, 0.5) is 11.6 Å². The van der Waals surface area contributed by atoms with Gasteiger partial charge in [0.05, 0.1) is 12.7 Å². The number of ether oxygens (including phenoxy) is 1. The Morgan fingerprint density at radius 1 is 1.18 bits per heavy atom. The minimum absolute atomic E-state index is 0.188. The second kappa shape index (κ2) is 10.1. The van der Waals surface area contributed by atoms with Gasteiger partial charge in [0.2, 0.25) is 11.1 Å². The number of allylic oxidation sites excluding steroid dienone is 1. The number of nitrogens with zero attached hydrogens (tertiary/aromatic N) is 3. The summed E-state index contributed by atoms with van der Waals surface area (Å²) in [5, 5.41) is 11.9. The molecule has 172 valence electrons. The zero-order valence-corrected chi connectivity index (χ0v) is 20.2. The summed E-state index contributed by atoms with van der Waals surface area (Å²) in [5.41, 5.74) is 3.94. The van der Waals surface area contributed by atoms with E-state index in [1.807, 2.05) is 62.4 Å². The van der Waals surface area contributed by atoms with E-state index in [2.05, 4.69) is 17.6 Å². The molecule has 3 aromatic rings. The van der Waals surface area contributed by atoms with Crippen LogP contribution in [0.15, 0.2) is 65.0 Å². The zero-order chi connectivity index (χ0) is 23.4. The lowest BCUT2D eigenvalue weighted by molar-refractivity contribution is -0.113. The van der Waals surface area contributed by atoms with Crippen LogP contribution in [0, 0.1) is 6.92 Å². The number of fused-ring (bicyclic) bond motifs is 1. The van der Waals surface area contributed by atoms with Crippen molar-refractivity contribution >= 4 is 29.3 Å². The second-order valence-electron chi connectivity index (χ2n) is 7.94. The standard InChI is InChI=1S/C25H29N5O2S/c1-5-6-15-33-25-28-24-26-17(3)21(23(31)27-19-13-9-7-11-16(19)2)22(30(24)29-25)18-12-8-10-14-20(18)32-4/h7-14,22H,5-6,15H2,1-4H3,(H,27,31)(H,26,28,29). The van der Waals surface area contributed by atoms with Crippen LogP contribution in [0.5, 0.6) is 5.75 Å². The summed E-state index contributed by atoms with van der Waals surface area (Å²) >= 11 is 1.63. The van der Waals surface area contributed by atoms with Crippen LogP contribution < -0.4 is 15.4 Å². The van der Waals surface area contributed by atoms with E-state index in [0.29, 0.717) is 22.4 Å². The van der Waals surface area contributed by atoms with Crippen molar-refractivity contribution in [2.45, 2.75) is 44.8 Å². The molecule has 0 fully saturated rings. The highest BCUT2D eigenvalue weighted by atomic mass is 32.2. The Hall–Kier alpha value is -3.26. The highest BCUT2D eigenvalue weighted by molar-refractivity contribution is 7.99. The summed E-state index contributed by atoms with van der Waals surface area (Å²) in [6.07, 6.45) is 2.21. The van der Waals surface area contributed by atoms with Gasteiger partial charge in [0.15, 0.2) is 0 Å². The molecule has 0 bridgehead atoms. The lowest BCUT2D eigenvalue weighted by atomic mass is 9.94. The molecular weight excluding hydrogens is 434 g/mol. The van der Waals surface area contributed by atoms with E-state index in [9.17, 15) is 4.79 Å². The number of anilines is 2. The van der Waals surface area contributed by atoms with E-state index in [0.717, 1.165) is 41.1 Å². The minimum atomic E-state index is -0.477. The SMILES string of the molecule is CCCCSc1nc2n(n1)C(c1ccccc1OC)C(C(=O)Nc1ccccc1C)=C(C)N2. The maximum absolute atomic E-state index is 13.6. The Labute approximate surface area is 198 Å². The maximum atomic E-state index is 13.6. The number of unbranched alkanes of at least 4 members (excludes halogenated alkanes) is 1. The number of carbonyl (C=O) groups excluding carboxylic acids is 1. The molecule has 0 spiro atoms. The molecule has 0 aliphatic carbocycles. The quantitative estimate of drug-likeness (QED) is 0.343. The van der Waals surface area contributed by atoms with E-state index >= 15 is 0 Å². The molecule has 1 aromatic heterocycles. The fourth-order valence-electron chi connectivity index (χ4n) is 3.88. The first-order valence-corrected chi connectivity index (χ1v) is 12.1. The molecule has 33 heavy (non-hydrogen) atoms. The number of hydrogen-bond acceptors (Lipinski definition) is 6. The summed E-state index contributed by atoms with van der Waals surface area (Å²) < 4.78 is 7.46. The van der Waals surface area contributed by atoms with Crippen LogP contribution in [0.2, 0.25) is 0 Å². The van der Waals surface area contributed by atoms with Crippen LogP contribution in [0.1, 0.15) is 43.9 Å². The smallest absolute Gasteiger partial charge is 0.255 e. The van der Waals surface area contributed by atoms with Gasteiger partial charge in [-0.15, -0.1) is 5.10 Å². The number of carbonyl (C=O) groups is 1. The largest absolute Gasteiger partial charge is 0.496 e. The highest BCUT2D eigenvalue weighted by Crippen LogP contribution is 2.40. The Morgan fingerprint density at radius 2 is 1.94 bits per heavy atom. The third-order valence-corrected chi connectivity index (χ3v) is 6.56. The van der Waals surface area contributed by atoms with Crippen molar-refractivity contribution in [1.29, 1.82) is 0 Å². The molecule has 1 amide bonds. The Balaban J connectivity index is 1.77. The number of rotatable bonds is 8. The van der Waals surface area contributed by atoms with Crippen LogP contribution >= 0.6 is 11.8 Å². The highest BCUT2D eigenvalue weighted by Gasteiger charge is 2.36. The van der Waals surface area contributed by atoms with E-state index in [1.165, 1.54) is 0 Å². The van der Waals surface area contributed by atoms with Crippen molar-refractivity contribution in [3.63, 3.8) is 0 Å². The van der Waals surface area contributed by atoms with Gasteiger partial charge in [0.25, 0.3) is 5.91 Å². The van der Waals surface area contributed by atoms with E-state index in [1.54, 1.807) is 23.6 Å². The molecule has 1 aliphatic rings. The average molecular weight is 464 g/mol. The Kier molecular flexibility index (Phi) is 7.03. The number of para-hydroxylation sites is 2. The van der Waals surface area contributed by atoms with Crippen LogP contribution in [-0.2, 0) is 4.79 Å². The number of benzene rings is 2. The van der Waals surface area contributed by atoms with Gasteiger partial charge in [-0.25, -0.2) is 4.68 Å². The summed E-state index contributed by atoms with van der Waals surface area (Å²) in [6, 6.07) is 15.0. The first kappa shape index (κ1) is 22.9. The van der Waals surface area contributed by atoms with Crippen molar-refractivity contribution in [3.05, 3.63) is 70.9 Å². The topological polar surface area (TPSA) is 81.1 Å². The van der Waals surface area contributed by atoms with Crippen LogP contribution in [0.25, 0.3) is 0 Å². The number of amides is 1. The molecule has 1 atom stereocenters. The second-order valence-corrected chi connectivity index (χ2v) is 9.00. The summed E-state index contributed by atoms with van der Waals surface area (Å²) in [7, 11) is 1.64. The molecule has 2 N–H and O–H groups in total. The van der Waals surface area contributed by atoms with E-state index in [4.69, 9.17) is 14.8 Å². The van der Waals surface area contributed by atoms with Gasteiger partial charge >= 0.3 is 0 Å². The van der Waals surface area contributed by atoms with Gasteiger partial charge in [0, 0.05) is 22.7 Å². The Bertz CT molecular complexity index is 1190. The lowest BCUT2D eigenvalue weighted by Crippen LogP contribution is -2.31. The number of aryl methyl sites for hydroxylation is 1. The molecule has 2 aromatic carbocycles. The molecule has 0 saturated carbocycles. The van der Waals surface area contributed by atoms with E-state index < -0.39 is 6.04 Å². The average Bonchev–Trinajstić information content (AvgIpc) is 3.22. The van der Waals surface area contributed by atoms with Gasteiger partial charge in [-0.2, -0.15) is 4.98 Å². The van der Waals surface area contributed by atoms with Crippen LogP contribution in [0.3, 0.4) is 0 Å². The van der Waals surface area contributed by atoms with Crippen molar-refractivity contribution in [1.82, 2.24) is 14.8 Å². The summed E-state index contributed by atoms with van der Waals surface area (Å²) in [6.45, 7) is 6.04. The molecule has 2 heterocycles. The van der Waals surface area contributed by atoms with Gasteiger partial charge in [-0.1, -0.05) is 61.5 Å². The van der Waals surface area contributed by atoms with Gasteiger partial charge in [0.1, 0.15) is 11.8 Å². The number of methoxy groups -OCH3 is 1. The molecule has 4 rings (SSSR count). The normalized spacial score (nSPS) is 15.1. The van der Waals surface area contributed by atoms with Gasteiger partial charge in [-0.3, -0.25) is 4.79 Å². The molecule has 1 aliphatic heterocycles. The molecule has 7 nitrogen and oxygen atoms in total. The predicted octanol–water partition coefficient (Wildman–Crippen LogP) is 5.41. The van der Waals surface area contributed by atoms with Gasteiger partial charge in [-0.05, 0) is 38.0 Å². The minimum Gasteiger partial charge on any atom is -0.496 e. The number of aromatic nitrogens is 3. The third-order valence-electron chi connectivity index (χ3n) is 5.63. The number of hydrogen-bond donors (Lipinski definition) is 2. The monoisotopic (exact) mass is 463 g/mol. The zero-order valence-electron chi connectivity index (χ0n) is 19.4. The van der Waals surface area contributed by atoms with Crippen molar-refractivity contribution < 1.29 is 9.53 Å². The number of thioether (sulfide) groups is 1. The molecule has 1 unspecified atom stereocenters. The van der Waals surface area contributed by atoms with Crippen LogP contribution in [-0.4, -0.2) is 33.5 Å². The third kappa shape index (κ3) is 4.75. The fourth-order valence-corrected chi connectivity index (χ4v) is 4.79. The summed E-state index contributed by atoms with van der Waals surface area (Å²) in [5.74, 6) is 2.08. The van der Waals surface area contributed by atoms with E-state index in [-0.39, 0.29) is 5.91 Å². The van der Waals surface area contributed by atoms with Crippen molar-refractivity contribution in [2.24, 2.45) is 0 Å². The fraction of sp³-hybridized carbons (Fsp3) is 0.320. The first-order chi connectivity index (χ1) is 16.0. The van der Waals surface area contributed by atoms with Crippen molar-refractivity contribution in [3.8, 4) is 5.75 Å². The maximum Gasteiger partial charge on any atom is 0.255 e. The first-order valence-electron chi connectivity index (χ1n) is 11.1. The molecule has 0 saturated heterocycles. The lowest BCUT2D eigenvalue weighted by Gasteiger charge is -2.29. The number of nitrogens with one attached hydrogen (secondary N) is 2. The molecular formula is C25H29N5O2S. The van der Waals surface area contributed by atoms with Crippen molar-refractivity contribution in [2.75, 3.05) is 23.5 Å². The molecule has 8 heteroatoms.